The van der Waals surface area contributed by atoms with E-state index in [-0.39, 0.29) is 0 Å². The molecule has 2 atom stereocenters. The van der Waals surface area contributed by atoms with Crippen molar-refractivity contribution in [1.82, 2.24) is 9.78 Å². The van der Waals surface area contributed by atoms with Crippen molar-refractivity contribution in [3.8, 4) is 0 Å². The lowest BCUT2D eigenvalue weighted by atomic mass is 9.94. The van der Waals surface area contributed by atoms with E-state index in [1.54, 1.807) is 24.9 Å². The Morgan fingerprint density at radius 3 is 2.82 bits per heavy atom. The molecule has 0 radical (unpaired) electrons. The lowest BCUT2D eigenvalue weighted by Crippen LogP contribution is -2.33. The van der Waals surface area contributed by atoms with Gasteiger partial charge in [-0.25, -0.2) is 0 Å². The van der Waals surface area contributed by atoms with Crippen LogP contribution in [0.3, 0.4) is 0 Å². The fourth-order valence-corrected chi connectivity index (χ4v) is 2.00. The van der Waals surface area contributed by atoms with E-state index in [1.807, 2.05) is 6.92 Å². The lowest BCUT2D eigenvalue weighted by Gasteiger charge is -2.28. The summed E-state index contributed by atoms with van der Waals surface area (Å²) in [7, 11) is 1.61. The molecule has 0 aliphatic heterocycles. The smallest absolute Gasteiger partial charge is 0.125 e. The first kappa shape index (κ1) is 14.6. The number of hydrogen-bond acceptors (Lipinski definition) is 4. The summed E-state index contributed by atoms with van der Waals surface area (Å²) in [5, 5.41) is 24.5. The van der Waals surface area contributed by atoms with Gasteiger partial charge in [-0.2, -0.15) is 5.10 Å². The highest BCUT2D eigenvalue weighted by Crippen LogP contribution is 2.32. The quantitative estimate of drug-likeness (QED) is 0.835. The SMILES string of the molecule is CCC(C)(O)C(O)c1c(Br)cnn1CCOC. The van der Waals surface area contributed by atoms with Crippen LogP contribution in [0.1, 0.15) is 32.1 Å². The van der Waals surface area contributed by atoms with Gasteiger partial charge in [0.15, 0.2) is 0 Å². The standard InChI is InChI=1S/C11H19BrN2O3/c1-4-11(2,16)10(15)9-8(12)7-13-14(9)5-6-17-3/h7,10,15-16H,4-6H2,1-3H3. The Morgan fingerprint density at radius 2 is 2.29 bits per heavy atom. The van der Waals surface area contributed by atoms with Gasteiger partial charge in [-0.1, -0.05) is 6.92 Å². The normalized spacial score (nSPS) is 16.8. The number of ether oxygens (including phenoxy) is 1. The highest BCUT2D eigenvalue weighted by Gasteiger charge is 2.33. The van der Waals surface area contributed by atoms with Crippen LogP contribution in [0.2, 0.25) is 0 Å². The molecule has 0 spiro atoms. The van der Waals surface area contributed by atoms with Crippen molar-refractivity contribution >= 4 is 15.9 Å². The van der Waals surface area contributed by atoms with Gasteiger partial charge in [0.2, 0.25) is 0 Å². The summed E-state index contributed by atoms with van der Waals surface area (Å²) in [6.07, 6.45) is 1.08. The van der Waals surface area contributed by atoms with Crippen LogP contribution in [0.15, 0.2) is 10.7 Å². The molecule has 0 saturated carbocycles. The number of methoxy groups -OCH3 is 1. The molecule has 0 fully saturated rings. The molecule has 0 aliphatic carbocycles. The molecule has 0 saturated heterocycles. The van der Waals surface area contributed by atoms with Crippen molar-refractivity contribution in [3.05, 3.63) is 16.4 Å². The number of aromatic nitrogens is 2. The molecule has 2 N–H and O–H groups in total. The van der Waals surface area contributed by atoms with Gasteiger partial charge in [0, 0.05) is 7.11 Å². The molecule has 1 heterocycles. The van der Waals surface area contributed by atoms with E-state index < -0.39 is 11.7 Å². The van der Waals surface area contributed by atoms with Gasteiger partial charge in [-0.3, -0.25) is 4.68 Å². The Labute approximate surface area is 110 Å². The summed E-state index contributed by atoms with van der Waals surface area (Å²) in [6.45, 7) is 4.47. The summed E-state index contributed by atoms with van der Waals surface area (Å²) >= 11 is 3.34. The average molecular weight is 307 g/mol. The van der Waals surface area contributed by atoms with Gasteiger partial charge in [-0.05, 0) is 29.3 Å². The monoisotopic (exact) mass is 306 g/mol. The number of aliphatic hydroxyl groups excluding tert-OH is 1. The second kappa shape index (κ2) is 5.95. The Kier molecular flexibility index (Phi) is 5.12. The lowest BCUT2D eigenvalue weighted by molar-refractivity contribution is -0.0703. The van der Waals surface area contributed by atoms with Crippen molar-refractivity contribution in [2.24, 2.45) is 0 Å². The molecule has 2 unspecified atom stereocenters. The summed E-state index contributed by atoms with van der Waals surface area (Å²) in [6, 6.07) is 0. The maximum Gasteiger partial charge on any atom is 0.125 e. The number of aliphatic hydroxyl groups is 2. The number of hydrogen-bond donors (Lipinski definition) is 2. The highest BCUT2D eigenvalue weighted by molar-refractivity contribution is 9.10. The molecule has 0 bridgehead atoms. The third kappa shape index (κ3) is 3.28. The van der Waals surface area contributed by atoms with Crippen LogP contribution in [0.5, 0.6) is 0 Å². The van der Waals surface area contributed by atoms with Crippen LogP contribution in [0.4, 0.5) is 0 Å². The van der Waals surface area contributed by atoms with E-state index in [1.165, 1.54) is 0 Å². The van der Waals surface area contributed by atoms with Gasteiger partial charge in [0.05, 0.1) is 35.1 Å². The van der Waals surface area contributed by atoms with Crippen LogP contribution in [0, 0.1) is 0 Å². The molecular formula is C11H19BrN2O3. The van der Waals surface area contributed by atoms with E-state index >= 15 is 0 Å². The van der Waals surface area contributed by atoms with Gasteiger partial charge >= 0.3 is 0 Å². The predicted octanol–water partition coefficient (Wildman–Crippen LogP) is 1.49. The van der Waals surface area contributed by atoms with Crippen molar-refractivity contribution in [2.75, 3.05) is 13.7 Å². The van der Waals surface area contributed by atoms with Crippen molar-refractivity contribution in [3.63, 3.8) is 0 Å². The highest BCUT2D eigenvalue weighted by atomic mass is 79.9. The minimum absolute atomic E-state index is 0.454. The summed E-state index contributed by atoms with van der Waals surface area (Å²) in [5.74, 6) is 0. The fraction of sp³-hybridized carbons (Fsp3) is 0.727. The van der Waals surface area contributed by atoms with Gasteiger partial charge in [0.25, 0.3) is 0 Å². The van der Waals surface area contributed by atoms with E-state index in [9.17, 15) is 10.2 Å². The van der Waals surface area contributed by atoms with E-state index in [2.05, 4.69) is 21.0 Å². The van der Waals surface area contributed by atoms with Crippen molar-refractivity contribution < 1.29 is 14.9 Å². The van der Waals surface area contributed by atoms with Crippen LogP contribution in [-0.2, 0) is 11.3 Å². The molecule has 5 nitrogen and oxygen atoms in total. The van der Waals surface area contributed by atoms with Gasteiger partial charge < -0.3 is 14.9 Å². The molecule has 6 heteroatoms. The number of nitrogens with zero attached hydrogens (tertiary/aromatic N) is 2. The average Bonchev–Trinajstić information content (AvgIpc) is 2.66. The minimum Gasteiger partial charge on any atom is -0.387 e. The molecule has 1 aromatic rings. The van der Waals surface area contributed by atoms with E-state index in [0.717, 1.165) is 0 Å². The third-order valence-electron chi connectivity index (χ3n) is 2.90. The molecule has 0 aliphatic rings. The molecule has 1 aromatic heterocycles. The molecule has 98 valence electrons. The topological polar surface area (TPSA) is 67.5 Å². The zero-order valence-electron chi connectivity index (χ0n) is 10.4. The Morgan fingerprint density at radius 1 is 1.65 bits per heavy atom. The second-order valence-corrected chi connectivity index (χ2v) is 5.06. The summed E-state index contributed by atoms with van der Waals surface area (Å²) < 4.78 is 7.31. The Balaban J connectivity index is 2.99. The fourth-order valence-electron chi connectivity index (χ4n) is 1.49. The third-order valence-corrected chi connectivity index (χ3v) is 3.52. The minimum atomic E-state index is -1.17. The van der Waals surface area contributed by atoms with Crippen LogP contribution in [-0.4, -0.2) is 39.3 Å². The number of halogens is 1. The molecule has 0 aromatic carbocycles. The number of rotatable bonds is 6. The van der Waals surface area contributed by atoms with E-state index in [0.29, 0.717) is 29.7 Å². The van der Waals surface area contributed by atoms with Gasteiger partial charge in [0.1, 0.15) is 6.10 Å². The molecule has 17 heavy (non-hydrogen) atoms. The first-order valence-electron chi connectivity index (χ1n) is 5.54. The first-order valence-corrected chi connectivity index (χ1v) is 6.34. The maximum absolute atomic E-state index is 10.2. The molecule has 0 amide bonds. The van der Waals surface area contributed by atoms with Crippen molar-refractivity contribution in [2.45, 2.75) is 38.5 Å². The van der Waals surface area contributed by atoms with Crippen molar-refractivity contribution in [1.29, 1.82) is 0 Å². The molecule has 1 rings (SSSR count). The summed E-state index contributed by atoms with van der Waals surface area (Å²) in [5.41, 5.74) is -0.596. The molecular weight excluding hydrogens is 288 g/mol. The first-order chi connectivity index (χ1) is 7.94. The van der Waals surface area contributed by atoms with Crippen LogP contribution >= 0.6 is 15.9 Å². The Hall–Kier alpha value is -0.430. The second-order valence-electron chi connectivity index (χ2n) is 4.21. The summed E-state index contributed by atoms with van der Waals surface area (Å²) in [4.78, 5) is 0. The van der Waals surface area contributed by atoms with E-state index in [4.69, 9.17) is 4.74 Å². The maximum atomic E-state index is 10.2. The van der Waals surface area contributed by atoms with Gasteiger partial charge in [-0.15, -0.1) is 0 Å². The van der Waals surface area contributed by atoms with Crippen LogP contribution in [0.25, 0.3) is 0 Å². The Bertz CT molecular complexity index is 366. The largest absolute Gasteiger partial charge is 0.387 e. The predicted molar refractivity (Wildman–Crippen MR) is 67.7 cm³/mol. The zero-order chi connectivity index (χ0) is 13.1. The zero-order valence-corrected chi connectivity index (χ0v) is 11.9. The van der Waals surface area contributed by atoms with Crippen LogP contribution < -0.4 is 0 Å².